The Morgan fingerprint density at radius 3 is 1.79 bits per heavy atom. The SMILES string of the molecule is Cc1cc(Nc2nc(=Nc3cccc(S(=O)(=O)CCO)c3)[nH]c(=Nc3cc(S(=O)(=O)O)ccc3S(=O)(=O)O)[nH]2)ccc1N=Nc1ccc(N=Nc2ccccc2S(=O)(=O)O)c2ccc(S(=O)(=O)O)cc12. The minimum Gasteiger partial charge on any atom is -0.395 e. The van der Waals surface area contributed by atoms with Crippen LogP contribution in [0.25, 0.3) is 10.8 Å². The molecule has 0 saturated heterocycles. The Bertz CT molecular complexity index is 4050. The molecule has 7 aromatic rings. The van der Waals surface area contributed by atoms with E-state index in [1.165, 1.54) is 72.8 Å². The fraction of sp³-hybridized carbons (Fsp3) is 0.0750. The van der Waals surface area contributed by atoms with Crippen LogP contribution in [-0.2, 0) is 50.3 Å². The lowest BCUT2D eigenvalue weighted by Crippen LogP contribution is -2.28. The third-order valence-corrected chi connectivity index (χ3v) is 14.8. The molecule has 0 saturated carbocycles. The van der Waals surface area contributed by atoms with Crippen molar-refractivity contribution in [1.82, 2.24) is 15.0 Å². The van der Waals surface area contributed by atoms with E-state index in [1.54, 1.807) is 13.0 Å². The minimum atomic E-state index is -5.04. The molecule has 0 amide bonds. The van der Waals surface area contributed by atoms with Gasteiger partial charge in [0.15, 0.2) is 9.84 Å². The third kappa shape index (κ3) is 12.1. The van der Waals surface area contributed by atoms with Crippen LogP contribution in [0.2, 0.25) is 0 Å². The average molecular weight is 1060 g/mol. The standard InChI is InChI=1S/C40H34N10O15S5/c1-23-19-25(9-13-31(23)47-49-33-15-14-32(29-12-10-27(21-30(29)33)67(54,55)56)48-50-34-7-2-3-8-36(34)69(60,61)62)42-39-44-38(41-24-5-4-6-26(20-24)66(52,53)18-17-51)45-40(46-39)43-35-22-28(68(57,58)59)11-16-37(35)70(63,64)65/h2-16,19-22,51H,17-18H2,1H3,(H,54,55,56)(H,57,58,59)(H,60,61,62)(H,63,64,65)(H3,41,42,43,44,45,46). The van der Waals surface area contributed by atoms with Crippen LogP contribution in [0.3, 0.4) is 0 Å². The summed E-state index contributed by atoms with van der Waals surface area (Å²) in [7, 11) is -23.2. The summed E-state index contributed by atoms with van der Waals surface area (Å²) in [5.74, 6) is -0.735. The van der Waals surface area contributed by atoms with Gasteiger partial charge in [0.05, 0.1) is 55.5 Å². The van der Waals surface area contributed by atoms with Crippen LogP contribution in [0.4, 0.5) is 45.8 Å². The molecule has 0 atom stereocenters. The molecule has 8 N–H and O–H groups in total. The molecule has 0 unspecified atom stereocenters. The van der Waals surface area contributed by atoms with Gasteiger partial charge in [-0.05, 0) is 103 Å². The van der Waals surface area contributed by atoms with Crippen molar-refractivity contribution in [2.75, 3.05) is 17.7 Å². The van der Waals surface area contributed by atoms with E-state index in [9.17, 15) is 65.4 Å². The number of aryl methyl sites for hydroxylation is 1. The van der Waals surface area contributed by atoms with E-state index >= 15 is 0 Å². The lowest BCUT2D eigenvalue weighted by molar-refractivity contribution is 0.319. The monoisotopic (exact) mass is 1050 g/mol. The van der Waals surface area contributed by atoms with E-state index in [-0.39, 0.29) is 61.3 Å². The summed E-state index contributed by atoms with van der Waals surface area (Å²) in [6.07, 6.45) is 0. The summed E-state index contributed by atoms with van der Waals surface area (Å²) in [6.45, 7) is 1.00. The highest BCUT2D eigenvalue weighted by Crippen LogP contribution is 2.38. The number of hydrogen-bond donors (Lipinski definition) is 8. The predicted molar refractivity (Wildman–Crippen MR) is 248 cm³/mol. The summed E-state index contributed by atoms with van der Waals surface area (Å²) >= 11 is 0. The van der Waals surface area contributed by atoms with E-state index < -0.39 is 87.9 Å². The van der Waals surface area contributed by atoms with Crippen molar-refractivity contribution in [3.8, 4) is 0 Å². The summed E-state index contributed by atoms with van der Waals surface area (Å²) in [6, 6.07) is 23.6. The first-order chi connectivity index (χ1) is 32.8. The maximum absolute atomic E-state index is 12.7. The number of aliphatic hydroxyl groups is 1. The Labute approximate surface area is 396 Å². The van der Waals surface area contributed by atoms with Gasteiger partial charge in [-0.2, -0.15) is 43.8 Å². The van der Waals surface area contributed by atoms with Crippen molar-refractivity contribution in [2.24, 2.45) is 30.4 Å². The topological polar surface area (TPSA) is 403 Å². The van der Waals surface area contributed by atoms with Crippen LogP contribution in [0, 0.1) is 6.92 Å². The van der Waals surface area contributed by atoms with Gasteiger partial charge >= 0.3 is 0 Å². The van der Waals surface area contributed by atoms with Crippen LogP contribution in [0.15, 0.2) is 170 Å². The number of sulfone groups is 1. The molecule has 70 heavy (non-hydrogen) atoms. The number of azo groups is 2. The number of H-pyrrole nitrogens is 2. The Kier molecular flexibility index (Phi) is 14.2. The second kappa shape index (κ2) is 19.6. The lowest BCUT2D eigenvalue weighted by atomic mass is 10.1. The highest BCUT2D eigenvalue weighted by molar-refractivity contribution is 7.91. The Morgan fingerprint density at radius 2 is 1.13 bits per heavy atom. The van der Waals surface area contributed by atoms with Crippen LogP contribution >= 0.6 is 0 Å². The van der Waals surface area contributed by atoms with Gasteiger partial charge in [-0.1, -0.05) is 24.3 Å². The van der Waals surface area contributed by atoms with Crippen molar-refractivity contribution in [2.45, 2.75) is 31.4 Å². The average Bonchev–Trinajstić information content (AvgIpc) is 3.27. The number of aromatic amines is 2. The Morgan fingerprint density at radius 1 is 0.529 bits per heavy atom. The summed E-state index contributed by atoms with van der Waals surface area (Å²) in [4.78, 5) is 15.4. The van der Waals surface area contributed by atoms with Crippen LogP contribution in [0.1, 0.15) is 5.56 Å². The molecule has 25 nitrogen and oxygen atoms in total. The van der Waals surface area contributed by atoms with Gasteiger partial charge in [-0.25, -0.2) is 18.4 Å². The van der Waals surface area contributed by atoms with Gasteiger partial charge < -0.3 is 10.4 Å². The second-order valence-electron chi connectivity index (χ2n) is 14.5. The zero-order chi connectivity index (χ0) is 50.8. The molecule has 0 fully saturated rings. The number of nitrogens with one attached hydrogen (secondary N) is 3. The van der Waals surface area contributed by atoms with Gasteiger partial charge in [-0.15, -0.1) is 15.3 Å². The quantitative estimate of drug-likeness (QED) is 0.0431. The molecule has 0 aliphatic rings. The van der Waals surface area contributed by atoms with E-state index in [0.717, 1.165) is 24.3 Å². The largest absolute Gasteiger partial charge is 0.395 e. The van der Waals surface area contributed by atoms with Crippen molar-refractivity contribution in [3.63, 3.8) is 0 Å². The summed E-state index contributed by atoms with van der Waals surface area (Å²) < 4.78 is 161. The van der Waals surface area contributed by atoms with E-state index in [1.807, 2.05) is 0 Å². The van der Waals surface area contributed by atoms with Gasteiger partial charge in [0.25, 0.3) is 40.5 Å². The van der Waals surface area contributed by atoms with Gasteiger partial charge in [0, 0.05) is 16.5 Å². The normalized spacial score (nSPS) is 13.5. The first-order valence-corrected chi connectivity index (χ1v) is 26.8. The third-order valence-electron chi connectivity index (χ3n) is 9.57. The Balaban J connectivity index is 1.28. The van der Waals surface area contributed by atoms with Gasteiger partial charge in [0.2, 0.25) is 17.2 Å². The summed E-state index contributed by atoms with van der Waals surface area (Å²) in [5.41, 5.74) is -0.187. The molecule has 1 aromatic heterocycles. The number of rotatable bonds is 15. The molecule has 364 valence electrons. The van der Waals surface area contributed by atoms with Gasteiger partial charge in [0.1, 0.15) is 15.5 Å². The van der Waals surface area contributed by atoms with Crippen molar-refractivity contribution >= 4 is 107 Å². The van der Waals surface area contributed by atoms with Crippen molar-refractivity contribution in [3.05, 3.63) is 132 Å². The van der Waals surface area contributed by atoms with Gasteiger partial charge in [-0.3, -0.25) is 28.2 Å². The molecule has 30 heteroatoms. The first kappa shape index (κ1) is 50.6. The number of benzene rings is 6. The highest BCUT2D eigenvalue weighted by atomic mass is 32.2. The summed E-state index contributed by atoms with van der Waals surface area (Å²) in [5, 5.41) is 29.4. The number of anilines is 2. The smallest absolute Gasteiger partial charge is 0.296 e. The van der Waals surface area contributed by atoms with Crippen molar-refractivity contribution < 1.29 is 65.4 Å². The molecule has 0 aliphatic carbocycles. The van der Waals surface area contributed by atoms with Crippen LogP contribution in [-0.4, -0.2) is 92.7 Å². The number of nitrogens with zero attached hydrogens (tertiary/aromatic N) is 7. The van der Waals surface area contributed by atoms with E-state index in [0.29, 0.717) is 23.4 Å². The molecule has 0 bridgehead atoms. The number of fused-ring (bicyclic) bond motifs is 1. The second-order valence-corrected chi connectivity index (χ2v) is 22.2. The zero-order valence-corrected chi connectivity index (χ0v) is 39.5. The number of aromatic nitrogens is 3. The highest BCUT2D eigenvalue weighted by Gasteiger charge is 2.21. The molecule has 1 heterocycles. The molecule has 6 aromatic carbocycles. The van der Waals surface area contributed by atoms with Crippen molar-refractivity contribution in [1.29, 1.82) is 0 Å². The van der Waals surface area contributed by atoms with E-state index in [2.05, 4.69) is 50.7 Å². The predicted octanol–water partition coefficient (Wildman–Crippen LogP) is 5.99. The van der Waals surface area contributed by atoms with Crippen LogP contribution in [0.5, 0.6) is 0 Å². The molecular weight excluding hydrogens is 1020 g/mol. The Hall–Kier alpha value is -7.26. The molecular formula is C40H34N10O15S5. The molecule has 0 spiro atoms. The maximum atomic E-state index is 12.7. The first-order valence-electron chi connectivity index (χ1n) is 19.4. The zero-order valence-electron chi connectivity index (χ0n) is 35.4. The molecule has 7 rings (SSSR count). The number of aliphatic hydroxyl groups excluding tert-OH is 1. The fourth-order valence-corrected chi connectivity index (χ4v) is 9.66. The van der Waals surface area contributed by atoms with Crippen LogP contribution < -0.4 is 16.6 Å². The molecule has 0 radical (unpaired) electrons. The van der Waals surface area contributed by atoms with E-state index in [4.69, 9.17) is 0 Å². The molecule has 0 aliphatic heterocycles. The number of hydrogen-bond acceptors (Lipinski definition) is 19. The fourth-order valence-electron chi connectivity index (χ4n) is 6.36. The minimum absolute atomic E-state index is 0.0332. The lowest BCUT2D eigenvalue weighted by Gasteiger charge is -2.09. The maximum Gasteiger partial charge on any atom is 0.296 e.